The van der Waals surface area contributed by atoms with Crippen molar-refractivity contribution >= 4 is 11.8 Å². The van der Waals surface area contributed by atoms with Gasteiger partial charge in [-0.2, -0.15) is 0 Å². The SMILES string of the molecule is C=CCNC(=O)C1C2C=CC(C2)C1C(N)=O. The van der Waals surface area contributed by atoms with E-state index >= 15 is 0 Å². The van der Waals surface area contributed by atoms with Crippen molar-refractivity contribution in [1.29, 1.82) is 0 Å². The van der Waals surface area contributed by atoms with Gasteiger partial charge in [-0.1, -0.05) is 18.2 Å². The third-order valence-corrected chi connectivity index (χ3v) is 3.51. The van der Waals surface area contributed by atoms with Gasteiger partial charge in [-0.25, -0.2) is 0 Å². The quantitative estimate of drug-likeness (QED) is 0.665. The highest BCUT2D eigenvalue weighted by molar-refractivity contribution is 5.89. The number of amides is 2. The molecule has 2 bridgehead atoms. The lowest BCUT2D eigenvalue weighted by Crippen LogP contribution is -2.42. The van der Waals surface area contributed by atoms with Gasteiger partial charge in [-0.05, 0) is 18.3 Å². The van der Waals surface area contributed by atoms with Gasteiger partial charge in [-0.15, -0.1) is 6.58 Å². The third-order valence-electron chi connectivity index (χ3n) is 3.51. The van der Waals surface area contributed by atoms with Crippen LogP contribution >= 0.6 is 0 Å². The van der Waals surface area contributed by atoms with Gasteiger partial charge >= 0.3 is 0 Å². The maximum absolute atomic E-state index is 11.9. The molecule has 0 radical (unpaired) electrons. The topological polar surface area (TPSA) is 72.2 Å². The second-order valence-corrected chi connectivity index (χ2v) is 4.44. The average Bonchev–Trinajstić information content (AvgIpc) is 2.84. The molecule has 2 rings (SSSR count). The van der Waals surface area contributed by atoms with Crippen LogP contribution in [0.15, 0.2) is 24.8 Å². The molecule has 0 spiro atoms. The number of carbonyl (C=O) groups is 2. The minimum absolute atomic E-state index is 0.0828. The molecule has 4 atom stereocenters. The van der Waals surface area contributed by atoms with Crippen LogP contribution in [0.25, 0.3) is 0 Å². The lowest BCUT2D eigenvalue weighted by molar-refractivity contribution is -0.133. The molecule has 4 heteroatoms. The van der Waals surface area contributed by atoms with Crippen LogP contribution in [0.1, 0.15) is 6.42 Å². The van der Waals surface area contributed by atoms with Gasteiger partial charge in [0, 0.05) is 6.54 Å². The van der Waals surface area contributed by atoms with Crippen LogP contribution in [0, 0.1) is 23.7 Å². The standard InChI is InChI=1S/C12H16N2O2/c1-2-5-14-12(16)10-8-4-3-7(6-8)9(10)11(13)15/h2-4,7-10H,1,5-6H2,(H2,13,15)(H,14,16). The van der Waals surface area contributed by atoms with Gasteiger partial charge in [0.2, 0.25) is 11.8 Å². The first-order valence-corrected chi connectivity index (χ1v) is 5.51. The van der Waals surface area contributed by atoms with Crippen molar-refractivity contribution in [2.45, 2.75) is 6.42 Å². The molecule has 0 heterocycles. The summed E-state index contributed by atoms with van der Waals surface area (Å²) in [6.07, 6.45) is 6.54. The van der Waals surface area contributed by atoms with Gasteiger partial charge in [0.1, 0.15) is 0 Å². The molecule has 4 unspecified atom stereocenters. The van der Waals surface area contributed by atoms with E-state index in [9.17, 15) is 9.59 Å². The zero-order chi connectivity index (χ0) is 11.7. The van der Waals surface area contributed by atoms with Crippen LogP contribution < -0.4 is 11.1 Å². The predicted octanol–water partition coefficient (Wildman–Crippen LogP) is 0.212. The zero-order valence-corrected chi connectivity index (χ0v) is 9.06. The van der Waals surface area contributed by atoms with Crippen LogP contribution in [0.5, 0.6) is 0 Å². The van der Waals surface area contributed by atoms with E-state index in [1.54, 1.807) is 6.08 Å². The first-order valence-electron chi connectivity index (χ1n) is 5.51. The summed E-state index contributed by atoms with van der Waals surface area (Å²) in [5, 5.41) is 2.75. The Labute approximate surface area is 94.6 Å². The van der Waals surface area contributed by atoms with Crippen LogP contribution in [0.2, 0.25) is 0 Å². The first-order chi connectivity index (χ1) is 7.65. The van der Waals surface area contributed by atoms with Crippen molar-refractivity contribution < 1.29 is 9.59 Å². The maximum atomic E-state index is 11.9. The molecular weight excluding hydrogens is 204 g/mol. The lowest BCUT2D eigenvalue weighted by atomic mass is 9.82. The fourth-order valence-corrected chi connectivity index (χ4v) is 2.86. The summed E-state index contributed by atoms with van der Waals surface area (Å²) in [4.78, 5) is 23.3. The average molecular weight is 220 g/mol. The minimum Gasteiger partial charge on any atom is -0.369 e. The summed E-state index contributed by atoms with van der Waals surface area (Å²) in [6, 6.07) is 0. The number of rotatable bonds is 4. The molecule has 0 aromatic carbocycles. The summed E-state index contributed by atoms with van der Waals surface area (Å²) in [5.74, 6) is -0.738. The summed E-state index contributed by atoms with van der Waals surface area (Å²) < 4.78 is 0. The number of hydrogen-bond donors (Lipinski definition) is 2. The van der Waals surface area contributed by atoms with Crippen molar-refractivity contribution in [2.24, 2.45) is 29.4 Å². The fourth-order valence-electron chi connectivity index (χ4n) is 2.86. The molecule has 3 N–H and O–H groups in total. The fraction of sp³-hybridized carbons (Fsp3) is 0.500. The summed E-state index contributed by atoms with van der Waals surface area (Å²) in [6.45, 7) is 3.97. The minimum atomic E-state index is -0.365. The highest BCUT2D eigenvalue weighted by Gasteiger charge is 2.50. The predicted molar refractivity (Wildman–Crippen MR) is 60.1 cm³/mol. The van der Waals surface area contributed by atoms with E-state index in [0.717, 1.165) is 6.42 Å². The molecule has 0 aliphatic heterocycles. The molecule has 0 aromatic rings. The normalized spacial score (nSPS) is 35.0. The Morgan fingerprint density at radius 3 is 2.56 bits per heavy atom. The van der Waals surface area contributed by atoms with Gasteiger partial charge in [0.25, 0.3) is 0 Å². The molecular formula is C12H16N2O2. The Balaban J connectivity index is 2.13. The molecule has 2 aliphatic carbocycles. The number of nitrogens with two attached hydrogens (primary N) is 1. The Hall–Kier alpha value is -1.58. The largest absolute Gasteiger partial charge is 0.369 e. The molecule has 1 fully saturated rings. The van der Waals surface area contributed by atoms with Crippen LogP contribution in [0.4, 0.5) is 0 Å². The Kier molecular flexibility index (Phi) is 2.81. The van der Waals surface area contributed by atoms with Gasteiger partial charge in [0.05, 0.1) is 11.8 Å². The number of carbonyl (C=O) groups excluding carboxylic acids is 2. The maximum Gasteiger partial charge on any atom is 0.224 e. The van der Waals surface area contributed by atoms with Crippen molar-refractivity contribution in [2.75, 3.05) is 6.54 Å². The Morgan fingerprint density at radius 2 is 2.00 bits per heavy atom. The number of hydrogen-bond acceptors (Lipinski definition) is 2. The van der Waals surface area contributed by atoms with Gasteiger partial charge < -0.3 is 11.1 Å². The zero-order valence-electron chi connectivity index (χ0n) is 9.06. The van der Waals surface area contributed by atoms with Gasteiger partial charge in [-0.3, -0.25) is 9.59 Å². The monoisotopic (exact) mass is 220 g/mol. The number of nitrogens with one attached hydrogen (secondary N) is 1. The summed E-state index contributed by atoms with van der Waals surface area (Å²) >= 11 is 0. The van der Waals surface area contributed by atoms with E-state index in [-0.39, 0.29) is 35.5 Å². The van der Waals surface area contributed by atoms with Crippen molar-refractivity contribution in [3.8, 4) is 0 Å². The summed E-state index contributed by atoms with van der Waals surface area (Å²) in [7, 11) is 0. The number of allylic oxidation sites excluding steroid dienone is 2. The first kappa shape index (κ1) is 10.9. The Bertz CT molecular complexity index is 362. The molecule has 16 heavy (non-hydrogen) atoms. The van der Waals surface area contributed by atoms with E-state index in [2.05, 4.69) is 11.9 Å². The van der Waals surface area contributed by atoms with Crippen molar-refractivity contribution in [1.82, 2.24) is 5.32 Å². The number of primary amides is 1. The van der Waals surface area contributed by atoms with Crippen LogP contribution in [-0.4, -0.2) is 18.4 Å². The van der Waals surface area contributed by atoms with E-state index in [1.807, 2.05) is 12.2 Å². The van der Waals surface area contributed by atoms with E-state index in [4.69, 9.17) is 5.73 Å². The molecule has 86 valence electrons. The number of fused-ring (bicyclic) bond motifs is 2. The van der Waals surface area contributed by atoms with Crippen LogP contribution in [0.3, 0.4) is 0 Å². The highest BCUT2D eigenvalue weighted by atomic mass is 16.2. The smallest absolute Gasteiger partial charge is 0.224 e. The van der Waals surface area contributed by atoms with E-state index < -0.39 is 0 Å². The molecule has 2 aliphatic rings. The summed E-state index contributed by atoms with van der Waals surface area (Å²) in [5.41, 5.74) is 5.37. The van der Waals surface area contributed by atoms with Gasteiger partial charge in [0.15, 0.2) is 0 Å². The van der Waals surface area contributed by atoms with E-state index in [1.165, 1.54) is 0 Å². The second kappa shape index (κ2) is 4.12. The van der Waals surface area contributed by atoms with Crippen molar-refractivity contribution in [3.05, 3.63) is 24.8 Å². The molecule has 0 saturated heterocycles. The van der Waals surface area contributed by atoms with E-state index in [0.29, 0.717) is 6.54 Å². The van der Waals surface area contributed by atoms with Crippen molar-refractivity contribution in [3.63, 3.8) is 0 Å². The Morgan fingerprint density at radius 1 is 1.38 bits per heavy atom. The second-order valence-electron chi connectivity index (χ2n) is 4.44. The third kappa shape index (κ3) is 1.64. The van der Waals surface area contributed by atoms with Crippen LogP contribution in [-0.2, 0) is 9.59 Å². The highest BCUT2D eigenvalue weighted by Crippen LogP contribution is 2.47. The molecule has 0 aromatic heterocycles. The molecule has 2 amide bonds. The molecule has 4 nitrogen and oxygen atoms in total. The lowest BCUT2D eigenvalue weighted by Gasteiger charge is -2.24. The molecule has 1 saturated carbocycles.